The van der Waals surface area contributed by atoms with Crippen LogP contribution < -0.4 is 10.6 Å². The third-order valence-corrected chi connectivity index (χ3v) is 3.20. The average molecular weight is 337 g/mol. The van der Waals surface area contributed by atoms with Crippen LogP contribution in [-0.2, 0) is 11.3 Å². The Balaban J connectivity index is 1.89. The summed E-state index contributed by atoms with van der Waals surface area (Å²) >= 11 is 3.27. The first-order valence-corrected chi connectivity index (χ1v) is 7.23. The molecule has 0 spiro atoms. The van der Waals surface area contributed by atoms with Gasteiger partial charge < -0.3 is 15.1 Å². The molecule has 0 atom stereocenters. The first kappa shape index (κ1) is 14.7. The second-order valence-electron chi connectivity index (χ2n) is 4.78. The minimum atomic E-state index is -0.0230. The SMILES string of the molecule is CC(C)C(=O)Nc1ccc(NCc2ccc(Br)o2)cc1. The van der Waals surface area contributed by atoms with Crippen LogP contribution in [0, 0.1) is 5.92 Å². The van der Waals surface area contributed by atoms with Crippen LogP contribution in [0.5, 0.6) is 0 Å². The Labute approximate surface area is 126 Å². The molecule has 0 aliphatic rings. The minimum absolute atomic E-state index is 0.0196. The van der Waals surface area contributed by atoms with Crippen LogP contribution in [-0.4, -0.2) is 5.91 Å². The molecule has 0 aliphatic carbocycles. The van der Waals surface area contributed by atoms with Gasteiger partial charge in [-0.15, -0.1) is 0 Å². The number of hydrogen-bond donors (Lipinski definition) is 2. The summed E-state index contributed by atoms with van der Waals surface area (Å²) in [6, 6.07) is 11.4. The summed E-state index contributed by atoms with van der Waals surface area (Å²) < 4.78 is 6.13. The predicted octanol–water partition coefficient (Wildman–Crippen LogP) is 4.25. The van der Waals surface area contributed by atoms with E-state index in [0.717, 1.165) is 21.8 Å². The molecule has 1 amide bonds. The van der Waals surface area contributed by atoms with E-state index >= 15 is 0 Å². The molecule has 0 unspecified atom stereocenters. The number of carbonyl (C=O) groups excluding carboxylic acids is 1. The lowest BCUT2D eigenvalue weighted by Crippen LogP contribution is -2.17. The standard InChI is InChI=1S/C15H17BrN2O2/c1-10(2)15(19)18-12-5-3-11(4-6-12)17-9-13-7-8-14(16)20-13/h3-8,10,17H,9H2,1-2H3,(H,18,19). The maximum atomic E-state index is 11.6. The van der Waals surface area contributed by atoms with Gasteiger partial charge in [-0.05, 0) is 52.3 Å². The van der Waals surface area contributed by atoms with E-state index < -0.39 is 0 Å². The van der Waals surface area contributed by atoms with Gasteiger partial charge in [-0.2, -0.15) is 0 Å². The van der Waals surface area contributed by atoms with E-state index in [1.807, 2.05) is 50.2 Å². The Morgan fingerprint density at radius 2 is 1.80 bits per heavy atom. The number of nitrogens with one attached hydrogen (secondary N) is 2. The fourth-order valence-electron chi connectivity index (χ4n) is 1.59. The molecule has 0 bridgehead atoms. The predicted molar refractivity (Wildman–Crippen MR) is 83.6 cm³/mol. The third kappa shape index (κ3) is 4.13. The van der Waals surface area contributed by atoms with Gasteiger partial charge in [0.05, 0.1) is 6.54 Å². The largest absolute Gasteiger partial charge is 0.452 e. The molecule has 1 heterocycles. The topological polar surface area (TPSA) is 54.3 Å². The minimum Gasteiger partial charge on any atom is -0.452 e. The van der Waals surface area contributed by atoms with Crippen molar-refractivity contribution in [3.8, 4) is 0 Å². The van der Waals surface area contributed by atoms with Gasteiger partial charge >= 0.3 is 0 Å². The van der Waals surface area contributed by atoms with Crippen molar-refractivity contribution in [3.63, 3.8) is 0 Å². The monoisotopic (exact) mass is 336 g/mol. The van der Waals surface area contributed by atoms with Crippen molar-refractivity contribution >= 4 is 33.2 Å². The van der Waals surface area contributed by atoms with E-state index in [9.17, 15) is 4.79 Å². The fraction of sp³-hybridized carbons (Fsp3) is 0.267. The zero-order valence-electron chi connectivity index (χ0n) is 11.4. The molecule has 1 aromatic heterocycles. The van der Waals surface area contributed by atoms with Crippen LogP contribution in [0.1, 0.15) is 19.6 Å². The maximum Gasteiger partial charge on any atom is 0.226 e. The highest BCUT2D eigenvalue weighted by molar-refractivity contribution is 9.10. The van der Waals surface area contributed by atoms with Crippen molar-refractivity contribution < 1.29 is 9.21 Å². The highest BCUT2D eigenvalue weighted by Crippen LogP contribution is 2.17. The van der Waals surface area contributed by atoms with Crippen LogP contribution in [0.15, 0.2) is 45.5 Å². The molecule has 0 radical (unpaired) electrons. The quantitative estimate of drug-likeness (QED) is 0.858. The summed E-state index contributed by atoms with van der Waals surface area (Å²) in [5.41, 5.74) is 1.77. The van der Waals surface area contributed by atoms with Gasteiger partial charge in [0.2, 0.25) is 5.91 Å². The highest BCUT2D eigenvalue weighted by Gasteiger charge is 2.06. The number of furan rings is 1. The van der Waals surface area contributed by atoms with Gasteiger partial charge in [-0.3, -0.25) is 4.79 Å². The number of anilines is 2. The van der Waals surface area contributed by atoms with Crippen molar-refractivity contribution in [2.75, 3.05) is 10.6 Å². The van der Waals surface area contributed by atoms with Gasteiger partial charge in [0.1, 0.15) is 5.76 Å². The summed E-state index contributed by atoms with van der Waals surface area (Å²) in [5.74, 6) is 0.852. The Morgan fingerprint density at radius 1 is 1.15 bits per heavy atom. The second kappa shape index (κ2) is 6.61. The first-order chi connectivity index (χ1) is 9.54. The van der Waals surface area contributed by atoms with Crippen LogP contribution >= 0.6 is 15.9 Å². The zero-order valence-corrected chi connectivity index (χ0v) is 13.0. The number of hydrogen-bond acceptors (Lipinski definition) is 3. The van der Waals surface area contributed by atoms with Crippen molar-refractivity contribution in [3.05, 3.63) is 46.8 Å². The number of rotatable bonds is 5. The Morgan fingerprint density at radius 3 is 2.35 bits per heavy atom. The summed E-state index contributed by atoms with van der Waals surface area (Å²) in [5, 5.41) is 6.10. The summed E-state index contributed by atoms with van der Waals surface area (Å²) in [7, 11) is 0. The molecule has 20 heavy (non-hydrogen) atoms. The molecule has 5 heteroatoms. The summed E-state index contributed by atoms with van der Waals surface area (Å²) in [6.45, 7) is 4.35. The molecule has 106 valence electrons. The van der Waals surface area contributed by atoms with Crippen LogP contribution in [0.4, 0.5) is 11.4 Å². The average Bonchev–Trinajstić information content (AvgIpc) is 2.83. The van der Waals surface area contributed by atoms with Crippen LogP contribution in [0.2, 0.25) is 0 Å². The number of halogens is 1. The number of benzene rings is 1. The lowest BCUT2D eigenvalue weighted by molar-refractivity contribution is -0.118. The number of amides is 1. The van der Waals surface area contributed by atoms with Gasteiger partial charge in [-0.1, -0.05) is 13.8 Å². The molecule has 0 saturated carbocycles. The molecule has 0 aliphatic heterocycles. The molecule has 0 saturated heterocycles. The van der Waals surface area contributed by atoms with E-state index in [2.05, 4.69) is 26.6 Å². The van der Waals surface area contributed by atoms with Crippen molar-refractivity contribution in [1.29, 1.82) is 0 Å². The maximum absolute atomic E-state index is 11.6. The number of carbonyl (C=O) groups is 1. The molecule has 2 rings (SSSR count). The third-order valence-electron chi connectivity index (χ3n) is 2.77. The van der Waals surface area contributed by atoms with Crippen LogP contribution in [0.3, 0.4) is 0 Å². The van der Waals surface area contributed by atoms with E-state index in [0.29, 0.717) is 6.54 Å². The summed E-state index contributed by atoms with van der Waals surface area (Å²) in [4.78, 5) is 11.6. The van der Waals surface area contributed by atoms with Crippen LogP contribution in [0.25, 0.3) is 0 Å². The Bertz CT molecular complexity index is 576. The fourth-order valence-corrected chi connectivity index (χ4v) is 1.93. The van der Waals surface area contributed by atoms with E-state index in [1.54, 1.807) is 0 Å². The molecule has 4 nitrogen and oxygen atoms in total. The van der Waals surface area contributed by atoms with E-state index in [4.69, 9.17) is 4.42 Å². The van der Waals surface area contributed by atoms with Gasteiger partial charge in [-0.25, -0.2) is 0 Å². The smallest absolute Gasteiger partial charge is 0.226 e. The molecular formula is C15H17BrN2O2. The second-order valence-corrected chi connectivity index (χ2v) is 5.56. The molecule has 2 aromatic rings. The van der Waals surface area contributed by atoms with E-state index in [-0.39, 0.29) is 11.8 Å². The van der Waals surface area contributed by atoms with Crippen molar-refractivity contribution in [2.24, 2.45) is 5.92 Å². The first-order valence-electron chi connectivity index (χ1n) is 6.43. The van der Waals surface area contributed by atoms with Gasteiger partial charge in [0, 0.05) is 17.3 Å². The zero-order chi connectivity index (χ0) is 14.5. The molecule has 0 fully saturated rings. The highest BCUT2D eigenvalue weighted by atomic mass is 79.9. The molecule has 1 aromatic carbocycles. The Hall–Kier alpha value is -1.75. The normalized spacial score (nSPS) is 10.6. The lowest BCUT2D eigenvalue weighted by Gasteiger charge is -2.09. The van der Waals surface area contributed by atoms with Crippen molar-refractivity contribution in [1.82, 2.24) is 0 Å². The van der Waals surface area contributed by atoms with Crippen molar-refractivity contribution in [2.45, 2.75) is 20.4 Å². The molecule has 2 N–H and O–H groups in total. The summed E-state index contributed by atoms with van der Waals surface area (Å²) in [6.07, 6.45) is 0. The van der Waals surface area contributed by atoms with E-state index in [1.165, 1.54) is 0 Å². The lowest BCUT2D eigenvalue weighted by atomic mass is 10.2. The molecular weight excluding hydrogens is 320 g/mol. The Kier molecular flexibility index (Phi) is 4.84. The van der Waals surface area contributed by atoms with Gasteiger partial charge in [0.15, 0.2) is 4.67 Å². The van der Waals surface area contributed by atoms with Gasteiger partial charge in [0.25, 0.3) is 0 Å².